The number of hydrogen-bond donors (Lipinski definition) is 0. The fraction of sp³-hybridized carbons (Fsp3) is 0.300. The van der Waals surface area contributed by atoms with Gasteiger partial charge >= 0.3 is 0 Å². The molecule has 1 radical (unpaired) electrons. The zero-order chi connectivity index (χ0) is 9.10. The van der Waals surface area contributed by atoms with Crippen LogP contribution in [0.3, 0.4) is 0 Å². The number of hydrogen-bond acceptors (Lipinski definition) is 2. The molecule has 0 amide bonds. The summed E-state index contributed by atoms with van der Waals surface area (Å²) in [4.78, 5) is 1.75. The zero-order valence-electron chi connectivity index (χ0n) is 7.48. The van der Waals surface area contributed by atoms with Crippen molar-refractivity contribution in [3.8, 4) is 0 Å². The van der Waals surface area contributed by atoms with Crippen molar-refractivity contribution in [1.29, 1.82) is 0 Å². The van der Waals surface area contributed by atoms with E-state index in [9.17, 15) is 0 Å². The summed E-state index contributed by atoms with van der Waals surface area (Å²) in [6.07, 6.45) is 1.96. The van der Waals surface area contributed by atoms with Gasteiger partial charge in [0.05, 0.1) is 6.54 Å². The summed E-state index contributed by atoms with van der Waals surface area (Å²) in [7, 11) is 0. The first-order valence-electron chi connectivity index (χ1n) is 4.49. The lowest BCUT2D eigenvalue weighted by Gasteiger charge is -1.94. The quantitative estimate of drug-likeness (QED) is 0.713. The average molecular weight is 174 g/mol. The van der Waals surface area contributed by atoms with E-state index in [2.05, 4.69) is 17.1 Å². The average Bonchev–Trinajstić information content (AvgIpc) is 2.57. The lowest BCUT2D eigenvalue weighted by molar-refractivity contribution is 0.521. The van der Waals surface area contributed by atoms with Crippen LogP contribution in [-0.4, -0.2) is 15.0 Å². The van der Waals surface area contributed by atoms with E-state index in [-0.39, 0.29) is 0 Å². The Hall–Kier alpha value is -1.38. The van der Waals surface area contributed by atoms with Gasteiger partial charge in [0.2, 0.25) is 0 Å². The molecule has 0 fully saturated rings. The first-order valence-corrected chi connectivity index (χ1v) is 4.49. The smallest absolute Gasteiger partial charge is 0.113 e. The van der Waals surface area contributed by atoms with E-state index in [0.29, 0.717) is 0 Å². The van der Waals surface area contributed by atoms with Crippen molar-refractivity contribution < 1.29 is 0 Å². The van der Waals surface area contributed by atoms with Crippen molar-refractivity contribution in [3.05, 3.63) is 31.2 Å². The number of rotatable bonds is 3. The summed E-state index contributed by atoms with van der Waals surface area (Å²) in [5.74, 6) is 0. The van der Waals surface area contributed by atoms with Crippen molar-refractivity contribution in [2.45, 2.75) is 19.4 Å². The summed E-state index contributed by atoms with van der Waals surface area (Å²) in [5.41, 5.74) is 1.93. The summed E-state index contributed by atoms with van der Waals surface area (Å²) >= 11 is 0. The third-order valence-corrected chi connectivity index (χ3v) is 1.94. The van der Waals surface area contributed by atoms with Gasteiger partial charge in [0.15, 0.2) is 0 Å². The maximum absolute atomic E-state index is 4.33. The number of nitrogens with zero attached hydrogens (tertiary/aromatic N) is 3. The number of aromatic nitrogens is 3. The van der Waals surface area contributed by atoms with Crippen LogP contribution in [0.5, 0.6) is 0 Å². The minimum atomic E-state index is 0.859. The molecular formula is C10H12N3. The highest BCUT2D eigenvalue weighted by Crippen LogP contribution is 2.07. The lowest BCUT2D eigenvalue weighted by Crippen LogP contribution is -2.01. The molecule has 13 heavy (non-hydrogen) atoms. The second-order valence-corrected chi connectivity index (χ2v) is 2.99. The van der Waals surface area contributed by atoms with Gasteiger partial charge in [0.1, 0.15) is 11.0 Å². The molecule has 0 bridgehead atoms. The standard InChI is InChI=1S/C10H12N3/c1-2-3-8-13-11-9-6-4-5-7-10(9)12-13/h4-7H,1-3,8H2. The maximum Gasteiger partial charge on any atom is 0.113 e. The van der Waals surface area contributed by atoms with Crippen molar-refractivity contribution in [2.75, 3.05) is 0 Å². The van der Waals surface area contributed by atoms with E-state index in [1.54, 1.807) is 4.80 Å². The predicted molar refractivity (Wildman–Crippen MR) is 52.1 cm³/mol. The first-order chi connectivity index (χ1) is 6.40. The van der Waals surface area contributed by atoms with Gasteiger partial charge in [-0.1, -0.05) is 25.5 Å². The molecule has 1 heterocycles. The Labute approximate surface area is 77.4 Å². The SMILES string of the molecule is [CH2]CCCn1nc2ccccc2n1. The number of fused-ring (bicyclic) bond motifs is 1. The molecule has 0 N–H and O–H groups in total. The maximum atomic E-state index is 4.33. The summed E-state index contributed by atoms with van der Waals surface area (Å²) in [6.45, 7) is 4.65. The van der Waals surface area contributed by atoms with Gasteiger partial charge < -0.3 is 0 Å². The molecule has 0 aliphatic rings. The Morgan fingerprint density at radius 1 is 1.15 bits per heavy atom. The molecular weight excluding hydrogens is 162 g/mol. The fourth-order valence-electron chi connectivity index (χ4n) is 1.26. The zero-order valence-corrected chi connectivity index (χ0v) is 7.48. The molecule has 0 saturated carbocycles. The van der Waals surface area contributed by atoms with Crippen LogP contribution in [0.4, 0.5) is 0 Å². The van der Waals surface area contributed by atoms with Crippen LogP contribution in [0.2, 0.25) is 0 Å². The number of unbranched alkanes of at least 4 members (excludes halogenated alkanes) is 1. The van der Waals surface area contributed by atoms with Gasteiger partial charge in [-0.25, -0.2) is 0 Å². The molecule has 2 aromatic rings. The highest BCUT2D eigenvalue weighted by molar-refractivity contribution is 5.72. The molecule has 0 saturated heterocycles. The third-order valence-electron chi connectivity index (χ3n) is 1.94. The monoisotopic (exact) mass is 174 g/mol. The van der Waals surface area contributed by atoms with Gasteiger partial charge in [-0.3, -0.25) is 0 Å². The van der Waals surface area contributed by atoms with E-state index >= 15 is 0 Å². The van der Waals surface area contributed by atoms with Gasteiger partial charge in [0, 0.05) is 0 Å². The van der Waals surface area contributed by atoms with Gasteiger partial charge in [0.25, 0.3) is 0 Å². The highest BCUT2D eigenvalue weighted by Gasteiger charge is 1.99. The Morgan fingerprint density at radius 2 is 1.77 bits per heavy atom. The second-order valence-electron chi connectivity index (χ2n) is 2.99. The second kappa shape index (κ2) is 3.56. The van der Waals surface area contributed by atoms with Crippen molar-refractivity contribution in [3.63, 3.8) is 0 Å². The first kappa shape index (κ1) is 8.23. The summed E-state index contributed by atoms with van der Waals surface area (Å²) in [6, 6.07) is 7.90. The van der Waals surface area contributed by atoms with Gasteiger partial charge in [-0.05, 0) is 18.6 Å². The molecule has 3 heteroatoms. The minimum Gasteiger partial charge on any atom is -0.184 e. The number of aryl methyl sites for hydroxylation is 1. The summed E-state index contributed by atoms with van der Waals surface area (Å²) < 4.78 is 0. The molecule has 0 aliphatic carbocycles. The van der Waals surface area contributed by atoms with E-state index < -0.39 is 0 Å². The predicted octanol–water partition coefficient (Wildman–Crippen LogP) is 2.05. The van der Waals surface area contributed by atoms with Crippen molar-refractivity contribution >= 4 is 11.0 Å². The summed E-state index contributed by atoms with van der Waals surface area (Å²) in [5, 5.41) is 8.66. The largest absolute Gasteiger partial charge is 0.184 e. The van der Waals surface area contributed by atoms with Gasteiger partial charge in [-0.2, -0.15) is 15.0 Å². The molecule has 0 spiro atoms. The minimum absolute atomic E-state index is 0.859. The van der Waals surface area contributed by atoms with E-state index in [1.165, 1.54) is 0 Å². The van der Waals surface area contributed by atoms with Gasteiger partial charge in [-0.15, -0.1) is 0 Å². The fourth-order valence-corrected chi connectivity index (χ4v) is 1.26. The van der Waals surface area contributed by atoms with Crippen LogP contribution in [-0.2, 0) is 6.54 Å². The van der Waals surface area contributed by atoms with Crippen LogP contribution in [0.15, 0.2) is 24.3 Å². The molecule has 1 aromatic heterocycles. The molecule has 0 aliphatic heterocycles. The lowest BCUT2D eigenvalue weighted by atomic mass is 10.3. The van der Waals surface area contributed by atoms with Crippen LogP contribution in [0.1, 0.15) is 12.8 Å². The van der Waals surface area contributed by atoms with Crippen LogP contribution in [0.25, 0.3) is 11.0 Å². The third kappa shape index (κ3) is 1.69. The van der Waals surface area contributed by atoms with E-state index in [4.69, 9.17) is 0 Å². The van der Waals surface area contributed by atoms with Crippen LogP contribution in [0, 0.1) is 6.92 Å². The van der Waals surface area contributed by atoms with Crippen LogP contribution < -0.4 is 0 Å². The molecule has 2 rings (SSSR count). The van der Waals surface area contributed by atoms with Crippen molar-refractivity contribution in [2.24, 2.45) is 0 Å². The molecule has 0 atom stereocenters. The highest BCUT2D eigenvalue weighted by atomic mass is 15.5. The molecule has 0 unspecified atom stereocenters. The Bertz CT molecular complexity index is 359. The number of benzene rings is 1. The Morgan fingerprint density at radius 3 is 2.31 bits per heavy atom. The topological polar surface area (TPSA) is 30.7 Å². The van der Waals surface area contributed by atoms with Crippen LogP contribution >= 0.6 is 0 Å². The van der Waals surface area contributed by atoms with E-state index in [0.717, 1.165) is 30.4 Å². The normalized spacial score (nSPS) is 10.8. The molecule has 1 aromatic carbocycles. The molecule has 3 nitrogen and oxygen atoms in total. The van der Waals surface area contributed by atoms with Crippen molar-refractivity contribution in [1.82, 2.24) is 15.0 Å². The van der Waals surface area contributed by atoms with E-state index in [1.807, 2.05) is 24.3 Å². The Balaban J connectivity index is 2.28. The molecule has 67 valence electrons. The Kier molecular flexibility index (Phi) is 2.25.